The maximum atomic E-state index is 13.3. The molecule has 27 heavy (non-hydrogen) atoms. The highest BCUT2D eigenvalue weighted by atomic mass is 32.2. The zero-order valence-electron chi connectivity index (χ0n) is 15.6. The van der Waals surface area contributed by atoms with Crippen molar-refractivity contribution in [2.75, 3.05) is 0 Å². The van der Waals surface area contributed by atoms with Crippen LogP contribution in [0.15, 0.2) is 70.5 Å². The van der Waals surface area contributed by atoms with E-state index in [1.807, 2.05) is 48.5 Å². The molecule has 2 aromatic carbocycles. The van der Waals surface area contributed by atoms with E-state index in [4.69, 9.17) is 4.74 Å². The quantitative estimate of drug-likeness (QED) is 0.422. The summed E-state index contributed by atoms with van der Waals surface area (Å²) in [6, 6.07) is 15.4. The summed E-state index contributed by atoms with van der Waals surface area (Å²) < 4.78 is 19.6. The van der Waals surface area contributed by atoms with E-state index < -0.39 is 22.7 Å². The van der Waals surface area contributed by atoms with Gasteiger partial charge in [0.05, 0.1) is 11.1 Å². The average molecular weight is 381 g/mol. The molecule has 0 unspecified atom stereocenters. The third kappa shape index (κ3) is 2.91. The molecule has 3 nitrogen and oxygen atoms in total. The number of benzene rings is 2. The SMILES string of the molecule is C=C(C)C(=O)OC1(C2CCCCC2)c2ccccc2[S+]([O-])c2ccccc21. The Morgan fingerprint density at radius 2 is 1.56 bits per heavy atom. The van der Waals surface area contributed by atoms with E-state index in [1.54, 1.807) is 6.92 Å². The maximum Gasteiger partial charge on any atom is 0.334 e. The van der Waals surface area contributed by atoms with E-state index in [0.717, 1.165) is 46.6 Å². The second kappa shape index (κ2) is 7.17. The normalized spacial score (nSPS) is 24.6. The average Bonchev–Trinajstić information content (AvgIpc) is 2.71. The van der Waals surface area contributed by atoms with Crippen LogP contribution in [0.25, 0.3) is 0 Å². The standard InChI is InChI=1S/C23H24O3S/c1-16(2)22(24)26-23(17-10-4-3-5-11-17)18-12-6-8-14-20(18)27(25)21-15-9-7-13-19(21)23/h6-9,12-15,17H,1,3-5,10-11H2,2H3. The smallest absolute Gasteiger partial charge is 0.334 e. The van der Waals surface area contributed by atoms with Crippen LogP contribution < -0.4 is 0 Å². The van der Waals surface area contributed by atoms with Crippen molar-refractivity contribution in [2.24, 2.45) is 5.92 Å². The van der Waals surface area contributed by atoms with Crippen LogP contribution >= 0.6 is 0 Å². The van der Waals surface area contributed by atoms with Crippen LogP contribution in [-0.2, 0) is 26.3 Å². The summed E-state index contributed by atoms with van der Waals surface area (Å²) in [6.45, 7) is 5.47. The van der Waals surface area contributed by atoms with Gasteiger partial charge in [0.1, 0.15) is 0 Å². The van der Waals surface area contributed by atoms with Crippen LogP contribution in [0.1, 0.15) is 50.2 Å². The van der Waals surface area contributed by atoms with Gasteiger partial charge < -0.3 is 9.29 Å². The number of ether oxygens (including phenoxy) is 1. The molecule has 0 spiro atoms. The maximum absolute atomic E-state index is 13.3. The van der Waals surface area contributed by atoms with Crippen molar-refractivity contribution in [1.29, 1.82) is 0 Å². The molecule has 0 N–H and O–H groups in total. The third-order valence-electron chi connectivity index (χ3n) is 5.76. The number of fused-ring (bicyclic) bond motifs is 2. The molecule has 4 rings (SSSR count). The first-order valence-corrected chi connectivity index (χ1v) is 10.7. The summed E-state index contributed by atoms with van der Waals surface area (Å²) in [4.78, 5) is 14.3. The summed E-state index contributed by atoms with van der Waals surface area (Å²) in [6.07, 6.45) is 5.41. The second-order valence-corrected chi connectivity index (χ2v) is 8.92. The van der Waals surface area contributed by atoms with E-state index in [-0.39, 0.29) is 5.92 Å². The van der Waals surface area contributed by atoms with E-state index in [1.165, 1.54) is 6.42 Å². The van der Waals surface area contributed by atoms with Crippen LogP contribution in [0, 0.1) is 5.92 Å². The lowest BCUT2D eigenvalue weighted by Gasteiger charge is -2.45. The van der Waals surface area contributed by atoms with Gasteiger partial charge in [-0.3, -0.25) is 0 Å². The fourth-order valence-corrected chi connectivity index (χ4v) is 5.99. The Labute approximate surface area is 163 Å². The second-order valence-electron chi connectivity index (χ2n) is 7.50. The molecule has 2 aromatic rings. The number of hydrogen-bond acceptors (Lipinski definition) is 3. The van der Waals surface area contributed by atoms with Gasteiger partial charge in [0.25, 0.3) is 0 Å². The Kier molecular flexibility index (Phi) is 4.87. The van der Waals surface area contributed by atoms with Crippen molar-refractivity contribution >= 4 is 17.1 Å². The molecular weight excluding hydrogens is 356 g/mol. The Bertz CT molecular complexity index is 835. The molecule has 0 atom stereocenters. The Morgan fingerprint density at radius 1 is 1.04 bits per heavy atom. The zero-order valence-corrected chi connectivity index (χ0v) is 16.4. The molecule has 2 aliphatic rings. The minimum absolute atomic E-state index is 0.161. The molecule has 0 amide bonds. The highest BCUT2D eigenvalue weighted by Gasteiger charge is 2.54. The number of rotatable bonds is 3. The van der Waals surface area contributed by atoms with Gasteiger partial charge in [-0.2, -0.15) is 0 Å². The summed E-state index contributed by atoms with van der Waals surface area (Å²) in [5.74, 6) is -0.230. The van der Waals surface area contributed by atoms with E-state index in [0.29, 0.717) is 5.57 Å². The Hall–Kier alpha value is -2.04. The van der Waals surface area contributed by atoms with Crippen molar-refractivity contribution in [2.45, 2.75) is 54.4 Å². The fourth-order valence-electron chi connectivity index (χ4n) is 4.51. The van der Waals surface area contributed by atoms with E-state index in [2.05, 4.69) is 6.58 Å². The third-order valence-corrected chi connectivity index (χ3v) is 7.27. The highest BCUT2D eigenvalue weighted by Crippen LogP contribution is 2.54. The molecule has 1 fully saturated rings. The molecule has 1 saturated carbocycles. The molecule has 1 aliphatic carbocycles. The van der Waals surface area contributed by atoms with Gasteiger partial charge in [-0.05, 0) is 44.0 Å². The molecule has 0 saturated heterocycles. The van der Waals surface area contributed by atoms with Crippen molar-refractivity contribution in [1.82, 2.24) is 0 Å². The highest BCUT2D eigenvalue weighted by molar-refractivity contribution is 7.91. The van der Waals surface area contributed by atoms with Gasteiger partial charge in [0.15, 0.2) is 15.4 Å². The lowest BCUT2D eigenvalue weighted by atomic mass is 9.69. The van der Waals surface area contributed by atoms with Gasteiger partial charge in [0, 0.05) is 22.7 Å². The van der Waals surface area contributed by atoms with Crippen LogP contribution in [0.2, 0.25) is 0 Å². The van der Waals surface area contributed by atoms with Gasteiger partial charge >= 0.3 is 5.97 Å². The number of carbonyl (C=O) groups is 1. The van der Waals surface area contributed by atoms with Gasteiger partial charge in [-0.25, -0.2) is 4.79 Å². The first-order valence-electron chi connectivity index (χ1n) is 9.55. The number of carbonyl (C=O) groups excluding carboxylic acids is 1. The van der Waals surface area contributed by atoms with Crippen molar-refractivity contribution < 1.29 is 14.1 Å². The van der Waals surface area contributed by atoms with Gasteiger partial charge in [0.2, 0.25) is 0 Å². The van der Waals surface area contributed by atoms with Crippen LogP contribution in [0.4, 0.5) is 0 Å². The molecule has 0 bridgehead atoms. The topological polar surface area (TPSA) is 49.4 Å². The van der Waals surface area contributed by atoms with E-state index in [9.17, 15) is 9.35 Å². The van der Waals surface area contributed by atoms with Gasteiger partial charge in [-0.1, -0.05) is 50.1 Å². The Morgan fingerprint density at radius 3 is 2.07 bits per heavy atom. The monoisotopic (exact) mass is 380 g/mol. The van der Waals surface area contributed by atoms with Crippen LogP contribution in [-0.4, -0.2) is 10.5 Å². The molecule has 0 radical (unpaired) electrons. The van der Waals surface area contributed by atoms with Crippen molar-refractivity contribution in [3.8, 4) is 0 Å². The lowest BCUT2D eigenvalue weighted by molar-refractivity contribution is -0.159. The predicted octanol–water partition coefficient (Wildman–Crippen LogP) is 5.11. The lowest BCUT2D eigenvalue weighted by Crippen LogP contribution is -2.46. The predicted molar refractivity (Wildman–Crippen MR) is 106 cm³/mol. The van der Waals surface area contributed by atoms with Crippen molar-refractivity contribution in [3.05, 3.63) is 71.8 Å². The molecule has 1 heterocycles. The molecule has 4 heteroatoms. The molecule has 1 aliphatic heterocycles. The fraction of sp³-hybridized carbons (Fsp3) is 0.348. The molecule has 0 aromatic heterocycles. The molecule has 140 valence electrons. The minimum atomic E-state index is -1.28. The van der Waals surface area contributed by atoms with Crippen LogP contribution in [0.3, 0.4) is 0 Å². The largest absolute Gasteiger partial charge is 0.606 e. The number of hydrogen-bond donors (Lipinski definition) is 0. The van der Waals surface area contributed by atoms with E-state index >= 15 is 0 Å². The van der Waals surface area contributed by atoms with Crippen LogP contribution in [0.5, 0.6) is 0 Å². The Balaban J connectivity index is 2.00. The first kappa shape index (κ1) is 18.3. The summed E-state index contributed by atoms with van der Waals surface area (Å²) >= 11 is -1.28. The summed E-state index contributed by atoms with van der Waals surface area (Å²) in [5.41, 5.74) is 1.20. The number of esters is 1. The summed E-state index contributed by atoms with van der Waals surface area (Å²) in [7, 11) is 0. The molecular formula is C23H24O3S. The first-order chi connectivity index (χ1) is 13.1. The zero-order chi connectivity index (χ0) is 19.0. The summed E-state index contributed by atoms with van der Waals surface area (Å²) in [5, 5.41) is 0. The minimum Gasteiger partial charge on any atom is -0.606 e. The van der Waals surface area contributed by atoms with Gasteiger partial charge in [-0.15, -0.1) is 0 Å². The van der Waals surface area contributed by atoms with Crippen molar-refractivity contribution in [3.63, 3.8) is 0 Å².